The maximum Gasteiger partial charge on any atom is 0.244 e. The van der Waals surface area contributed by atoms with Crippen molar-refractivity contribution in [2.75, 3.05) is 6.61 Å². The highest BCUT2D eigenvalue weighted by atomic mass is 32.1. The van der Waals surface area contributed by atoms with Crippen molar-refractivity contribution in [3.05, 3.63) is 52.4 Å². The summed E-state index contributed by atoms with van der Waals surface area (Å²) in [6, 6.07) is 7.63. The Morgan fingerprint density at radius 1 is 1.45 bits per heavy atom. The molecule has 2 aromatic rings. The highest BCUT2D eigenvalue weighted by Gasteiger charge is 2.04. The Labute approximate surface area is 122 Å². The number of nitrogens with zero attached hydrogens (tertiary/aromatic N) is 1. The molecule has 0 aliphatic carbocycles. The number of carbonyl (C=O) groups is 1. The van der Waals surface area contributed by atoms with Gasteiger partial charge >= 0.3 is 0 Å². The van der Waals surface area contributed by atoms with Gasteiger partial charge in [0.25, 0.3) is 0 Å². The second-order valence-corrected chi connectivity index (χ2v) is 4.95. The summed E-state index contributed by atoms with van der Waals surface area (Å²) in [6.07, 6.45) is 5.00. The number of hydrogen-bond acceptors (Lipinski definition) is 4. The van der Waals surface area contributed by atoms with Crippen LogP contribution in [0.15, 0.2) is 41.9 Å². The first-order valence-electron chi connectivity index (χ1n) is 6.35. The fraction of sp³-hybridized carbons (Fsp3) is 0.200. The Bertz CT molecular complexity index is 579. The van der Waals surface area contributed by atoms with Gasteiger partial charge in [-0.3, -0.25) is 4.79 Å². The number of carbonyl (C=O) groups excluding carboxylic acids is 1. The summed E-state index contributed by atoms with van der Waals surface area (Å²) in [5.74, 6) is 0.433. The van der Waals surface area contributed by atoms with Gasteiger partial charge < -0.3 is 10.1 Å². The lowest BCUT2D eigenvalue weighted by atomic mass is 10.2. The second kappa shape index (κ2) is 7.45. The maximum absolute atomic E-state index is 11.7. The first kappa shape index (κ1) is 14.3. The number of aromatic nitrogens is 1. The third-order valence-corrected chi connectivity index (χ3v) is 3.36. The SMILES string of the molecule is CCOc1ncccc1CNC(=O)/C=C/c1cccs1. The monoisotopic (exact) mass is 288 g/mol. The molecular formula is C15H16N2O2S. The van der Waals surface area contributed by atoms with E-state index in [1.807, 2.05) is 36.6 Å². The van der Waals surface area contributed by atoms with Crippen LogP contribution in [0.1, 0.15) is 17.4 Å². The molecule has 0 radical (unpaired) electrons. The lowest BCUT2D eigenvalue weighted by Gasteiger charge is -2.08. The fourth-order valence-electron chi connectivity index (χ4n) is 1.61. The van der Waals surface area contributed by atoms with Crippen LogP contribution in [0, 0.1) is 0 Å². The van der Waals surface area contributed by atoms with Gasteiger partial charge in [-0.2, -0.15) is 0 Å². The molecule has 4 nitrogen and oxygen atoms in total. The molecule has 0 saturated carbocycles. The third-order valence-electron chi connectivity index (χ3n) is 2.53. The van der Waals surface area contributed by atoms with Crippen LogP contribution in [0.5, 0.6) is 5.88 Å². The Hall–Kier alpha value is -2.14. The Morgan fingerprint density at radius 3 is 3.10 bits per heavy atom. The fourth-order valence-corrected chi connectivity index (χ4v) is 2.23. The molecular weight excluding hydrogens is 272 g/mol. The Kier molecular flexibility index (Phi) is 5.32. The van der Waals surface area contributed by atoms with Crippen LogP contribution in [-0.2, 0) is 11.3 Å². The van der Waals surface area contributed by atoms with E-state index in [9.17, 15) is 4.79 Å². The molecule has 0 bridgehead atoms. The quantitative estimate of drug-likeness (QED) is 0.832. The van der Waals surface area contributed by atoms with Crippen molar-refractivity contribution >= 4 is 23.3 Å². The molecule has 0 saturated heterocycles. The van der Waals surface area contributed by atoms with E-state index < -0.39 is 0 Å². The average molecular weight is 288 g/mol. The van der Waals surface area contributed by atoms with E-state index in [0.29, 0.717) is 19.0 Å². The van der Waals surface area contributed by atoms with E-state index in [-0.39, 0.29) is 5.91 Å². The summed E-state index contributed by atoms with van der Waals surface area (Å²) in [7, 11) is 0. The molecule has 0 unspecified atom stereocenters. The highest BCUT2D eigenvalue weighted by molar-refractivity contribution is 7.10. The van der Waals surface area contributed by atoms with Gasteiger partial charge in [0, 0.05) is 29.3 Å². The van der Waals surface area contributed by atoms with E-state index in [1.54, 1.807) is 23.6 Å². The summed E-state index contributed by atoms with van der Waals surface area (Å²) in [5.41, 5.74) is 0.868. The van der Waals surface area contributed by atoms with Crippen LogP contribution in [0.25, 0.3) is 6.08 Å². The van der Waals surface area contributed by atoms with Crippen molar-refractivity contribution in [2.24, 2.45) is 0 Å². The zero-order chi connectivity index (χ0) is 14.2. The van der Waals surface area contributed by atoms with E-state index in [0.717, 1.165) is 10.4 Å². The van der Waals surface area contributed by atoms with Crippen molar-refractivity contribution in [1.82, 2.24) is 10.3 Å². The molecule has 2 rings (SSSR count). The molecule has 20 heavy (non-hydrogen) atoms. The number of thiophene rings is 1. The van der Waals surface area contributed by atoms with Gasteiger partial charge in [-0.15, -0.1) is 11.3 Å². The molecule has 104 valence electrons. The minimum absolute atomic E-state index is 0.135. The largest absolute Gasteiger partial charge is 0.478 e. The number of pyridine rings is 1. The van der Waals surface area contributed by atoms with Crippen LogP contribution in [0.4, 0.5) is 0 Å². The molecule has 5 heteroatoms. The summed E-state index contributed by atoms with van der Waals surface area (Å²) in [4.78, 5) is 16.9. The minimum Gasteiger partial charge on any atom is -0.478 e. The average Bonchev–Trinajstić information content (AvgIpc) is 2.98. The zero-order valence-corrected chi connectivity index (χ0v) is 12.0. The maximum atomic E-state index is 11.7. The lowest BCUT2D eigenvalue weighted by Crippen LogP contribution is -2.20. The summed E-state index contributed by atoms with van der Waals surface area (Å²) >= 11 is 1.59. The minimum atomic E-state index is -0.135. The van der Waals surface area contributed by atoms with Gasteiger partial charge in [-0.05, 0) is 30.5 Å². The predicted octanol–water partition coefficient (Wildman–Crippen LogP) is 2.87. The predicted molar refractivity (Wildman–Crippen MR) is 80.6 cm³/mol. The highest BCUT2D eigenvalue weighted by Crippen LogP contribution is 2.14. The number of ether oxygens (including phenoxy) is 1. The second-order valence-electron chi connectivity index (χ2n) is 3.97. The zero-order valence-electron chi connectivity index (χ0n) is 11.2. The van der Waals surface area contributed by atoms with Crippen molar-refractivity contribution < 1.29 is 9.53 Å². The van der Waals surface area contributed by atoms with E-state index >= 15 is 0 Å². The summed E-state index contributed by atoms with van der Waals surface area (Å²) < 4.78 is 5.41. The number of rotatable bonds is 6. The van der Waals surface area contributed by atoms with Gasteiger partial charge in [0.1, 0.15) is 0 Å². The van der Waals surface area contributed by atoms with Gasteiger partial charge in [0.05, 0.1) is 6.61 Å². The number of amides is 1. The first-order valence-corrected chi connectivity index (χ1v) is 7.23. The molecule has 2 heterocycles. The lowest BCUT2D eigenvalue weighted by molar-refractivity contribution is -0.116. The number of nitrogens with one attached hydrogen (secondary N) is 1. The van der Waals surface area contributed by atoms with Crippen molar-refractivity contribution in [3.8, 4) is 5.88 Å². The summed E-state index contributed by atoms with van der Waals surface area (Å²) in [6.45, 7) is 2.85. The smallest absolute Gasteiger partial charge is 0.244 e. The molecule has 0 spiro atoms. The van der Waals surface area contributed by atoms with Gasteiger partial charge in [0.2, 0.25) is 11.8 Å². The molecule has 0 atom stereocenters. The number of hydrogen-bond donors (Lipinski definition) is 1. The Morgan fingerprint density at radius 2 is 2.35 bits per heavy atom. The van der Waals surface area contributed by atoms with Gasteiger partial charge in [-0.1, -0.05) is 12.1 Å². The Balaban J connectivity index is 1.90. The first-order chi connectivity index (χ1) is 9.79. The molecule has 0 aromatic carbocycles. The van der Waals surface area contributed by atoms with Gasteiger partial charge in [-0.25, -0.2) is 4.98 Å². The van der Waals surface area contributed by atoms with Crippen molar-refractivity contribution in [1.29, 1.82) is 0 Å². The van der Waals surface area contributed by atoms with Crippen molar-refractivity contribution in [2.45, 2.75) is 13.5 Å². The molecule has 0 fully saturated rings. The van der Waals surface area contributed by atoms with Crippen LogP contribution in [-0.4, -0.2) is 17.5 Å². The van der Waals surface area contributed by atoms with Crippen LogP contribution >= 0.6 is 11.3 Å². The van der Waals surface area contributed by atoms with E-state index in [4.69, 9.17) is 4.74 Å². The molecule has 0 aliphatic heterocycles. The van der Waals surface area contributed by atoms with Crippen LogP contribution < -0.4 is 10.1 Å². The topological polar surface area (TPSA) is 51.2 Å². The molecule has 0 aliphatic rings. The normalized spacial score (nSPS) is 10.7. The standard InChI is InChI=1S/C15H16N2O2S/c1-2-19-15-12(5-3-9-16-15)11-17-14(18)8-7-13-6-4-10-20-13/h3-10H,2,11H2,1H3,(H,17,18)/b8-7+. The van der Waals surface area contributed by atoms with Crippen molar-refractivity contribution in [3.63, 3.8) is 0 Å². The molecule has 2 aromatic heterocycles. The van der Waals surface area contributed by atoms with Gasteiger partial charge in [0.15, 0.2) is 0 Å². The van der Waals surface area contributed by atoms with Crippen LogP contribution in [0.3, 0.4) is 0 Å². The molecule has 1 amide bonds. The third kappa shape index (κ3) is 4.20. The summed E-state index contributed by atoms with van der Waals surface area (Å²) in [5, 5.41) is 4.79. The van der Waals surface area contributed by atoms with Crippen LogP contribution in [0.2, 0.25) is 0 Å². The van der Waals surface area contributed by atoms with E-state index in [1.165, 1.54) is 6.08 Å². The molecule has 1 N–H and O–H groups in total. The van der Waals surface area contributed by atoms with E-state index in [2.05, 4.69) is 10.3 Å².